The molecular weight excluding hydrogens is 257 g/mol. The summed E-state index contributed by atoms with van der Waals surface area (Å²) in [5.41, 5.74) is 6.12. The number of carbonyl (C=O) groups is 1. The van der Waals surface area contributed by atoms with E-state index in [2.05, 4.69) is 13.8 Å². The molecule has 0 aliphatic rings. The van der Waals surface area contributed by atoms with Crippen LogP contribution >= 0.6 is 23.2 Å². The first kappa shape index (κ1) is 14.5. The van der Waals surface area contributed by atoms with Gasteiger partial charge >= 0.3 is 0 Å². The van der Waals surface area contributed by atoms with Crippen molar-refractivity contribution in [3.8, 4) is 0 Å². The predicted octanol–water partition coefficient (Wildman–Crippen LogP) is 3.80. The van der Waals surface area contributed by atoms with Crippen LogP contribution in [-0.2, 0) is 0 Å². The third-order valence-corrected chi connectivity index (χ3v) is 3.17. The number of benzene rings is 1. The lowest BCUT2D eigenvalue weighted by Gasteiger charge is -2.16. The molecule has 1 rings (SSSR count). The van der Waals surface area contributed by atoms with E-state index in [-0.39, 0.29) is 11.7 Å². The van der Waals surface area contributed by atoms with Crippen LogP contribution in [0, 0.1) is 11.8 Å². The van der Waals surface area contributed by atoms with Crippen molar-refractivity contribution in [1.29, 1.82) is 0 Å². The zero-order valence-electron chi connectivity index (χ0n) is 10.0. The second-order valence-electron chi connectivity index (χ2n) is 4.55. The van der Waals surface area contributed by atoms with Crippen molar-refractivity contribution in [3.63, 3.8) is 0 Å². The van der Waals surface area contributed by atoms with Crippen molar-refractivity contribution in [2.24, 2.45) is 17.6 Å². The average Bonchev–Trinajstić information content (AvgIpc) is 2.28. The summed E-state index contributed by atoms with van der Waals surface area (Å²) in [5.74, 6) is 0.213. The van der Waals surface area contributed by atoms with Crippen LogP contribution in [0.15, 0.2) is 18.2 Å². The largest absolute Gasteiger partial charge is 0.330 e. The maximum atomic E-state index is 12.3. The molecule has 0 saturated carbocycles. The third kappa shape index (κ3) is 3.98. The molecule has 2 nitrogen and oxygen atoms in total. The average molecular weight is 274 g/mol. The lowest BCUT2D eigenvalue weighted by atomic mass is 9.90. The van der Waals surface area contributed by atoms with Gasteiger partial charge in [0.1, 0.15) is 0 Å². The van der Waals surface area contributed by atoms with E-state index in [0.29, 0.717) is 28.1 Å². The summed E-state index contributed by atoms with van der Waals surface area (Å²) in [4.78, 5) is 12.3. The SMILES string of the molecule is CC(C)CC(CN)C(=O)c1cc(Cl)ccc1Cl. The van der Waals surface area contributed by atoms with Gasteiger partial charge in [-0.2, -0.15) is 0 Å². The second kappa shape index (κ2) is 6.39. The summed E-state index contributed by atoms with van der Waals surface area (Å²) >= 11 is 11.9. The van der Waals surface area contributed by atoms with Gasteiger partial charge in [0.25, 0.3) is 0 Å². The van der Waals surface area contributed by atoms with Crippen molar-refractivity contribution < 1.29 is 4.79 Å². The Labute approximate surface area is 112 Å². The fourth-order valence-corrected chi connectivity index (χ4v) is 2.17. The smallest absolute Gasteiger partial charge is 0.168 e. The van der Waals surface area contributed by atoms with Crippen LogP contribution in [0.5, 0.6) is 0 Å². The fraction of sp³-hybridized carbons (Fsp3) is 0.462. The molecule has 0 fully saturated rings. The molecule has 0 radical (unpaired) electrons. The Hall–Kier alpha value is -0.570. The zero-order valence-corrected chi connectivity index (χ0v) is 11.6. The number of carbonyl (C=O) groups excluding carboxylic acids is 1. The van der Waals surface area contributed by atoms with Gasteiger partial charge in [-0.3, -0.25) is 4.79 Å². The number of hydrogen-bond donors (Lipinski definition) is 1. The van der Waals surface area contributed by atoms with Crippen molar-refractivity contribution in [2.45, 2.75) is 20.3 Å². The van der Waals surface area contributed by atoms with E-state index in [1.807, 2.05) is 0 Å². The molecule has 2 N–H and O–H groups in total. The molecule has 0 saturated heterocycles. The molecule has 1 aromatic rings. The highest BCUT2D eigenvalue weighted by atomic mass is 35.5. The molecule has 0 aromatic heterocycles. The maximum Gasteiger partial charge on any atom is 0.168 e. The van der Waals surface area contributed by atoms with Gasteiger partial charge in [-0.05, 0) is 30.5 Å². The standard InChI is InChI=1S/C13H17Cl2NO/c1-8(2)5-9(7-16)13(17)11-6-10(14)3-4-12(11)15/h3-4,6,8-9H,5,7,16H2,1-2H3. The Balaban J connectivity index is 2.97. The van der Waals surface area contributed by atoms with Gasteiger partial charge in [-0.1, -0.05) is 37.0 Å². The van der Waals surface area contributed by atoms with Crippen LogP contribution in [-0.4, -0.2) is 12.3 Å². The Morgan fingerprint density at radius 2 is 2.00 bits per heavy atom. The van der Waals surface area contributed by atoms with E-state index < -0.39 is 0 Å². The highest BCUT2D eigenvalue weighted by Crippen LogP contribution is 2.25. The summed E-state index contributed by atoms with van der Waals surface area (Å²) < 4.78 is 0. The van der Waals surface area contributed by atoms with Gasteiger partial charge in [0, 0.05) is 23.0 Å². The van der Waals surface area contributed by atoms with Crippen molar-refractivity contribution in [1.82, 2.24) is 0 Å². The molecular formula is C13H17Cl2NO. The van der Waals surface area contributed by atoms with Crippen LogP contribution in [0.4, 0.5) is 0 Å². The first-order valence-electron chi connectivity index (χ1n) is 5.65. The number of ketones is 1. The second-order valence-corrected chi connectivity index (χ2v) is 5.39. The van der Waals surface area contributed by atoms with Crippen LogP contribution in [0.1, 0.15) is 30.6 Å². The van der Waals surface area contributed by atoms with E-state index in [0.717, 1.165) is 6.42 Å². The Bertz CT molecular complexity index is 404. The minimum absolute atomic E-state index is 0.0197. The normalized spacial score (nSPS) is 12.8. The van der Waals surface area contributed by atoms with E-state index in [9.17, 15) is 4.79 Å². The number of rotatable bonds is 5. The summed E-state index contributed by atoms with van der Waals surface area (Å²) in [5, 5.41) is 0.944. The fourth-order valence-electron chi connectivity index (χ4n) is 1.79. The molecule has 1 atom stereocenters. The van der Waals surface area contributed by atoms with Gasteiger partial charge in [0.05, 0.1) is 5.02 Å². The molecule has 0 heterocycles. The summed E-state index contributed by atoms with van der Waals surface area (Å²) in [6.45, 7) is 4.46. The molecule has 4 heteroatoms. The van der Waals surface area contributed by atoms with Crippen molar-refractivity contribution in [2.75, 3.05) is 6.54 Å². The van der Waals surface area contributed by atoms with Gasteiger partial charge in [0.2, 0.25) is 0 Å². The number of nitrogens with two attached hydrogens (primary N) is 1. The highest BCUT2D eigenvalue weighted by Gasteiger charge is 2.22. The zero-order chi connectivity index (χ0) is 13.0. The quantitative estimate of drug-likeness (QED) is 0.830. The van der Waals surface area contributed by atoms with E-state index in [1.54, 1.807) is 18.2 Å². The Morgan fingerprint density at radius 3 is 2.53 bits per heavy atom. The predicted molar refractivity (Wildman–Crippen MR) is 72.8 cm³/mol. The summed E-state index contributed by atoms with van der Waals surface area (Å²) in [6.07, 6.45) is 0.762. The monoisotopic (exact) mass is 273 g/mol. The lowest BCUT2D eigenvalue weighted by Crippen LogP contribution is -2.25. The Kier molecular flexibility index (Phi) is 5.44. The van der Waals surface area contributed by atoms with Crippen LogP contribution < -0.4 is 5.73 Å². The van der Waals surface area contributed by atoms with Crippen LogP contribution in [0.25, 0.3) is 0 Å². The molecule has 94 valence electrons. The maximum absolute atomic E-state index is 12.3. The van der Waals surface area contributed by atoms with Crippen molar-refractivity contribution in [3.05, 3.63) is 33.8 Å². The van der Waals surface area contributed by atoms with Gasteiger partial charge in [-0.15, -0.1) is 0 Å². The third-order valence-electron chi connectivity index (χ3n) is 2.61. The molecule has 17 heavy (non-hydrogen) atoms. The topological polar surface area (TPSA) is 43.1 Å². The molecule has 1 aromatic carbocycles. The van der Waals surface area contributed by atoms with Crippen LogP contribution in [0.3, 0.4) is 0 Å². The van der Waals surface area contributed by atoms with Gasteiger partial charge in [0.15, 0.2) is 5.78 Å². The van der Waals surface area contributed by atoms with E-state index >= 15 is 0 Å². The van der Waals surface area contributed by atoms with E-state index in [4.69, 9.17) is 28.9 Å². The molecule has 0 amide bonds. The molecule has 0 spiro atoms. The number of hydrogen-bond acceptors (Lipinski definition) is 2. The number of halogens is 2. The first-order valence-corrected chi connectivity index (χ1v) is 6.40. The summed E-state index contributed by atoms with van der Waals surface area (Å²) in [6, 6.07) is 4.91. The molecule has 0 bridgehead atoms. The van der Waals surface area contributed by atoms with Crippen molar-refractivity contribution >= 4 is 29.0 Å². The molecule has 0 aliphatic heterocycles. The first-order chi connectivity index (χ1) is 7.95. The molecule has 0 aliphatic carbocycles. The molecule has 1 unspecified atom stereocenters. The Morgan fingerprint density at radius 1 is 1.35 bits per heavy atom. The van der Waals surface area contributed by atoms with E-state index in [1.165, 1.54) is 0 Å². The van der Waals surface area contributed by atoms with Gasteiger partial charge in [-0.25, -0.2) is 0 Å². The minimum atomic E-state index is -0.189. The number of Topliss-reactive ketones (excluding diaryl/α,β-unsaturated/α-hetero) is 1. The summed E-state index contributed by atoms with van der Waals surface area (Å²) in [7, 11) is 0. The van der Waals surface area contributed by atoms with Crippen LogP contribution in [0.2, 0.25) is 10.0 Å². The minimum Gasteiger partial charge on any atom is -0.330 e. The highest BCUT2D eigenvalue weighted by molar-refractivity contribution is 6.36. The lowest BCUT2D eigenvalue weighted by molar-refractivity contribution is 0.0909. The van der Waals surface area contributed by atoms with Gasteiger partial charge < -0.3 is 5.73 Å².